The molecule has 1 aromatic carbocycles. The van der Waals surface area contributed by atoms with Crippen LogP contribution in [0.1, 0.15) is 42.9 Å². The molecule has 2 N–H and O–H groups in total. The van der Waals surface area contributed by atoms with Crippen molar-refractivity contribution in [3.63, 3.8) is 0 Å². The molecule has 0 aliphatic carbocycles. The molecule has 3 fully saturated rings. The summed E-state index contributed by atoms with van der Waals surface area (Å²) in [6.07, 6.45) is 6.77. The lowest BCUT2D eigenvalue weighted by atomic mass is 9.74. The number of carbonyl (C=O) groups is 1. The zero-order chi connectivity index (χ0) is 19.1. The maximum Gasteiger partial charge on any atom is 0.267 e. The Hall–Kier alpha value is -2.34. The van der Waals surface area contributed by atoms with Crippen LogP contribution in [0.15, 0.2) is 41.3 Å². The molecule has 2 aromatic rings. The van der Waals surface area contributed by atoms with E-state index in [2.05, 4.69) is 45.4 Å². The van der Waals surface area contributed by atoms with Crippen LogP contribution in [0.3, 0.4) is 0 Å². The van der Waals surface area contributed by atoms with Crippen LogP contribution in [0.25, 0.3) is 0 Å². The summed E-state index contributed by atoms with van der Waals surface area (Å²) in [4.78, 5) is 29.3. The first-order chi connectivity index (χ1) is 13.7. The standard InChI is InChI=1S/C22H28N4O2/c27-21(10-17-11-23-24-22(17)28)25-12-15-9-18(14-25)20-8-4-7-19(26(20)13-15)16-5-2-1-3-6-16/h1-3,5-6,11,15,18-20H,4,7-10,12-14H2,(H2,23,24,28)/t15-,18+,19+,20-/m0/s1. The number of nitrogens with one attached hydrogen (secondary N) is 2. The van der Waals surface area contributed by atoms with Crippen LogP contribution in [-0.4, -0.2) is 51.6 Å². The first-order valence-corrected chi connectivity index (χ1v) is 10.5. The average Bonchev–Trinajstić information content (AvgIpc) is 3.12. The van der Waals surface area contributed by atoms with Crippen molar-refractivity contribution in [3.05, 3.63) is 58.0 Å². The minimum Gasteiger partial charge on any atom is -0.342 e. The first-order valence-electron chi connectivity index (χ1n) is 10.5. The van der Waals surface area contributed by atoms with Gasteiger partial charge in [0.05, 0.1) is 6.42 Å². The normalized spacial score (nSPS) is 30.1. The number of benzene rings is 1. The zero-order valence-corrected chi connectivity index (χ0v) is 16.1. The van der Waals surface area contributed by atoms with E-state index in [9.17, 15) is 9.59 Å². The number of fused-ring (bicyclic) bond motifs is 4. The molecule has 4 heterocycles. The Balaban J connectivity index is 1.32. The molecule has 4 atom stereocenters. The highest BCUT2D eigenvalue weighted by atomic mass is 16.2. The summed E-state index contributed by atoms with van der Waals surface area (Å²) in [5, 5.41) is 5.21. The van der Waals surface area contributed by atoms with Gasteiger partial charge in [-0.25, -0.2) is 0 Å². The number of H-pyrrole nitrogens is 2. The highest BCUT2D eigenvalue weighted by molar-refractivity contribution is 5.78. The van der Waals surface area contributed by atoms with Crippen molar-refractivity contribution in [1.82, 2.24) is 20.0 Å². The molecular weight excluding hydrogens is 352 g/mol. The summed E-state index contributed by atoms with van der Waals surface area (Å²) in [5.74, 6) is 1.17. The second-order valence-corrected chi connectivity index (χ2v) is 8.73. The Labute approximate surface area is 164 Å². The van der Waals surface area contributed by atoms with Gasteiger partial charge in [0, 0.05) is 43.5 Å². The van der Waals surface area contributed by atoms with Crippen molar-refractivity contribution < 1.29 is 4.79 Å². The summed E-state index contributed by atoms with van der Waals surface area (Å²) in [5.41, 5.74) is 1.78. The number of hydrogen-bond donors (Lipinski definition) is 2. The molecule has 0 radical (unpaired) electrons. The molecule has 28 heavy (non-hydrogen) atoms. The van der Waals surface area contributed by atoms with Crippen LogP contribution in [0.5, 0.6) is 0 Å². The summed E-state index contributed by atoms with van der Waals surface area (Å²) < 4.78 is 0. The second kappa shape index (κ2) is 7.24. The first kappa shape index (κ1) is 17.7. The van der Waals surface area contributed by atoms with Gasteiger partial charge in [-0.05, 0) is 43.1 Å². The van der Waals surface area contributed by atoms with Gasteiger partial charge in [-0.15, -0.1) is 0 Å². The fourth-order valence-electron chi connectivity index (χ4n) is 5.79. The van der Waals surface area contributed by atoms with E-state index >= 15 is 0 Å². The van der Waals surface area contributed by atoms with Crippen molar-refractivity contribution in [2.24, 2.45) is 11.8 Å². The van der Waals surface area contributed by atoms with E-state index in [1.165, 1.54) is 31.2 Å². The summed E-state index contributed by atoms with van der Waals surface area (Å²) in [6, 6.07) is 12.0. The number of hydrogen-bond acceptors (Lipinski definition) is 3. The Kier molecular flexibility index (Phi) is 4.59. The van der Waals surface area contributed by atoms with Crippen LogP contribution in [0, 0.1) is 11.8 Å². The molecule has 3 aliphatic heterocycles. The summed E-state index contributed by atoms with van der Waals surface area (Å²) in [6.45, 7) is 2.73. The molecule has 5 rings (SSSR count). The van der Waals surface area contributed by atoms with Crippen molar-refractivity contribution in [2.45, 2.75) is 44.2 Å². The number of piperidine rings is 3. The molecule has 3 aliphatic rings. The predicted octanol–water partition coefficient (Wildman–Crippen LogP) is 2.32. The molecule has 6 nitrogen and oxygen atoms in total. The number of aromatic amines is 2. The molecule has 1 aromatic heterocycles. The van der Waals surface area contributed by atoms with Gasteiger partial charge in [0.2, 0.25) is 5.91 Å². The summed E-state index contributed by atoms with van der Waals surface area (Å²) >= 11 is 0. The van der Waals surface area contributed by atoms with Crippen molar-refractivity contribution in [2.75, 3.05) is 19.6 Å². The van der Waals surface area contributed by atoms with E-state index in [4.69, 9.17) is 0 Å². The van der Waals surface area contributed by atoms with Crippen LogP contribution in [0.2, 0.25) is 0 Å². The van der Waals surface area contributed by atoms with Gasteiger partial charge in [0.1, 0.15) is 0 Å². The molecule has 6 heteroatoms. The lowest BCUT2D eigenvalue weighted by molar-refractivity contribution is -0.138. The third-order valence-electron chi connectivity index (χ3n) is 6.99. The number of aromatic nitrogens is 2. The molecular formula is C22H28N4O2. The van der Waals surface area contributed by atoms with E-state index in [-0.39, 0.29) is 17.9 Å². The van der Waals surface area contributed by atoms with Gasteiger partial charge in [0.15, 0.2) is 0 Å². The Bertz CT molecular complexity index is 889. The van der Waals surface area contributed by atoms with E-state index < -0.39 is 0 Å². The van der Waals surface area contributed by atoms with Crippen molar-refractivity contribution in [3.8, 4) is 0 Å². The maximum absolute atomic E-state index is 12.8. The van der Waals surface area contributed by atoms with Crippen LogP contribution < -0.4 is 5.56 Å². The number of rotatable bonds is 3. The van der Waals surface area contributed by atoms with Crippen molar-refractivity contribution in [1.29, 1.82) is 0 Å². The number of likely N-dealkylation sites (tertiary alicyclic amines) is 1. The molecule has 0 unspecified atom stereocenters. The van der Waals surface area contributed by atoms with Crippen LogP contribution >= 0.6 is 0 Å². The van der Waals surface area contributed by atoms with Gasteiger partial charge in [-0.3, -0.25) is 19.6 Å². The number of nitrogens with zero attached hydrogens (tertiary/aromatic N) is 2. The topological polar surface area (TPSA) is 72.2 Å². The molecule has 0 saturated carbocycles. The minimum absolute atomic E-state index is 0.0867. The zero-order valence-electron chi connectivity index (χ0n) is 16.1. The molecule has 2 bridgehead atoms. The Morgan fingerprint density at radius 1 is 1.11 bits per heavy atom. The SMILES string of the molecule is O=C(Cc1c[nH][nH]c1=O)N1C[C@@H]2C[C@H](C1)[C@@H]1CCC[C@H](c3ccccc3)N1C2. The lowest BCUT2D eigenvalue weighted by Gasteiger charge is -2.55. The third kappa shape index (κ3) is 3.20. The fraction of sp³-hybridized carbons (Fsp3) is 0.545. The van der Waals surface area contributed by atoms with Gasteiger partial charge in [0.25, 0.3) is 5.56 Å². The quantitative estimate of drug-likeness (QED) is 0.858. The second-order valence-electron chi connectivity index (χ2n) is 8.73. The van der Waals surface area contributed by atoms with E-state index in [1.54, 1.807) is 6.20 Å². The van der Waals surface area contributed by atoms with Crippen molar-refractivity contribution >= 4 is 5.91 Å². The van der Waals surface area contributed by atoms with E-state index in [1.807, 2.05) is 4.90 Å². The highest BCUT2D eigenvalue weighted by Crippen LogP contribution is 2.44. The molecule has 1 amide bonds. The lowest BCUT2D eigenvalue weighted by Crippen LogP contribution is -2.60. The van der Waals surface area contributed by atoms with E-state index in [0.717, 1.165) is 19.6 Å². The Morgan fingerprint density at radius 2 is 1.96 bits per heavy atom. The summed E-state index contributed by atoms with van der Waals surface area (Å²) in [7, 11) is 0. The predicted molar refractivity (Wildman–Crippen MR) is 107 cm³/mol. The van der Waals surface area contributed by atoms with Gasteiger partial charge in [-0.2, -0.15) is 0 Å². The number of amides is 1. The number of carbonyl (C=O) groups excluding carboxylic acids is 1. The monoisotopic (exact) mass is 380 g/mol. The maximum atomic E-state index is 12.8. The highest BCUT2D eigenvalue weighted by Gasteiger charge is 2.45. The average molecular weight is 380 g/mol. The van der Waals surface area contributed by atoms with Gasteiger partial charge < -0.3 is 10.00 Å². The van der Waals surface area contributed by atoms with Crippen LogP contribution in [0.4, 0.5) is 0 Å². The van der Waals surface area contributed by atoms with E-state index in [0.29, 0.717) is 29.5 Å². The minimum atomic E-state index is -0.185. The largest absolute Gasteiger partial charge is 0.342 e. The smallest absolute Gasteiger partial charge is 0.267 e. The molecule has 3 saturated heterocycles. The van der Waals surface area contributed by atoms with Gasteiger partial charge >= 0.3 is 0 Å². The fourth-order valence-corrected chi connectivity index (χ4v) is 5.79. The van der Waals surface area contributed by atoms with Gasteiger partial charge in [-0.1, -0.05) is 30.3 Å². The van der Waals surface area contributed by atoms with Crippen LogP contribution in [-0.2, 0) is 11.2 Å². The Morgan fingerprint density at radius 3 is 2.75 bits per heavy atom. The molecule has 148 valence electrons. The third-order valence-corrected chi connectivity index (χ3v) is 6.99. The molecule has 0 spiro atoms.